The summed E-state index contributed by atoms with van der Waals surface area (Å²) in [6, 6.07) is 0. The second kappa shape index (κ2) is 30.7. The summed E-state index contributed by atoms with van der Waals surface area (Å²) in [6.45, 7) is 20.1. The van der Waals surface area contributed by atoms with Gasteiger partial charge in [0, 0.05) is 26.0 Å². The van der Waals surface area contributed by atoms with Gasteiger partial charge in [-0.15, -0.1) is 0 Å². The Morgan fingerprint density at radius 1 is 0.746 bits per heavy atom. The van der Waals surface area contributed by atoms with Crippen LogP contribution in [0.25, 0.3) is 0 Å². The van der Waals surface area contributed by atoms with Gasteiger partial charge in [0.2, 0.25) is 0 Å². The molecule has 1 aliphatic heterocycles. The summed E-state index contributed by atoms with van der Waals surface area (Å²) < 4.78 is 24.1. The Labute approximate surface area is 412 Å². The number of fused-ring (bicyclic) bond motifs is 5. The lowest BCUT2D eigenvalue weighted by atomic mass is 9.47. The first-order valence-corrected chi connectivity index (χ1v) is 28.8. The number of rotatable bonds is 33. The van der Waals surface area contributed by atoms with E-state index in [9.17, 15) is 9.59 Å². The molecule has 0 radical (unpaired) electrons. The van der Waals surface area contributed by atoms with E-state index in [0.717, 1.165) is 93.9 Å². The Bertz CT molecular complexity index is 1480. The van der Waals surface area contributed by atoms with Crippen LogP contribution in [0.2, 0.25) is 0 Å². The highest BCUT2D eigenvalue weighted by atomic mass is 16.6. The Morgan fingerprint density at radius 2 is 1.48 bits per heavy atom. The molecule has 0 amide bonds. The molecule has 0 aromatic rings. The summed E-state index contributed by atoms with van der Waals surface area (Å²) in [4.78, 5) is 28.2. The van der Waals surface area contributed by atoms with Gasteiger partial charge in [0.05, 0.1) is 38.8 Å². The summed E-state index contributed by atoms with van der Waals surface area (Å²) in [6.07, 6.45) is 45.2. The molecule has 0 aromatic heterocycles. The van der Waals surface area contributed by atoms with Crippen molar-refractivity contribution in [1.29, 1.82) is 0 Å². The Hall–Kier alpha value is -1.96. The van der Waals surface area contributed by atoms with Crippen molar-refractivity contribution in [2.24, 2.45) is 46.3 Å². The SMILES string of the molecule is CCCCC/C=C\C/C=C\CCCCCCCCOCC(CN1CCCCC1)OCCCOC(=O)CCC(=O)O[C@H]1CC[C@@]2(C)C(=CC[C@H]3[C@@H]4CC[C@H]([C@H](C)CCCC(C)C)[C@@]4(C)CC[C@@H]32)C1. The summed E-state index contributed by atoms with van der Waals surface area (Å²) in [7, 11) is 0. The summed E-state index contributed by atoms with van der Waals surface area (Å²) in [5, 5.41) is 0. The minimum Gasteiger partial charge on any atom is -0.466 e. The van der Waals surface area contributed by atoms with Crippen molar-refractivity contribution in [2.45, 2.75) is 240 Å². The van der Waals surface area contributed by atoms with Crippen molar-refractivity contribution >= 4 is 11.9 Å². The smallest absolute Gasteiger partial charge is 0.306 e. The van der Waals surface area contributed by atoms with E-state index >= 15 is 0 Å². The van der Waals surface area contributed by atoms with E-state index in [0.29, 0.717) is 31.7 Å². The fraction of sp³-hybridized carbons (Fsp3) is 0.867. The zero-order chi connectivity index (χ0) is 47.7. The normalized spacial score (nSPS) is 28.6. The van der Waals surface area contributed by atoms with Gasteiger partial charge in [-0.2, -0.15) is 0 Å². The molecule has 0 bridgehead atoms. The molecule has 0 spiro atoms. The number of unbranched alkanes of at least 4 members (excludes halogenated alkanes) is 9. The average Bonchev–Trinajstić information content (AvgIpc) is 3.68. The van der Waals surface area contributed by atoms with Crippen molar-refractivity contribution in [2.75, 3.05) is 46.1 Å². The number of carbonyl (C=O) groups is 2. The van der Waals surface area contributed by atoms with Gasteiger partial charge in [-0.05, 0) is 156 Å². The molecule has 5 rings (SSSR count). The van der Waals surface area contributed by atoms with Crippen LogP contribution in [0.1, 0.15) is 228 Å². The number of likely N-dealkylation sites (tertiary alicyclic amines) is 1. The maximum atomic E-state index is 13.0. The van der Waals surface area contributed by atoms with Crippen LogP contribution in [0, 0.1) is 46.3 Å². The first-order chi connectivity index (χ1) is 32.5. The number of hydrogen-bond donors (Lipinski definition) is 0. The molecule has 384 valence electrons. The molecule has 67 heavy (non-hydrogen) atoms. The fourth-order valence-corrected chi connectivity index (χ4v) is 13.8. The number of esters is 2. The van der Waals surface area contributed by atoms with Gasteiger partial charge in [-0.1, -0.05) is 142 Å². The summed E-state index contributed by atoms with van der Waals surface area (Å²) in [5.74, 6) is 4.32. The molecule has 1 unspecified atom stereocenters. The van der Waals surface area contributed by atoms with Crippen LogP contribution in [0.4, 0.5) is 0 Å². The zero-order valence-corrected chi connectivity index (χ0v) is 44.4. The maximum absolute atomic E-state index is 13.0. The van der Waals surface area contributed by atoms with Crippen LogP contribution in [-0.2, 0) is 28.5 Å². The molecule has 0 aromatic carbocycles. The van der Waals surface area contributed by atoms with Gasteiger partial charge in [0.25, 0.3) is 0 Å². The number of nitrogens with zero attached hydrogens (tertiary/aromatic N) is 1. The molecule has 9 atom stereocenters. The standard InChI is InChI=1S/C60H103NO6/c1-7-8-9-10-11-12-13-14-15-16-17-18-19-20-21-25-42-64-47-52(46-61-40-23-22-24-41-61)65-43-27-44-66-57(62)34-35-58(63)67-51-36-38-59(5)50(45-51)30-31-53-55-33-32-54(49(4)29-26-28-48(2)3)60(55,6)39-37-56(53)59/h11-12,14-15,30,48-49,51-56H,7-10,13,16-29,31-47H2,1-6H3/b12-11-,15-14-/t49-,51+,52?,53+,54-,55+,56+,59+,60-/m1/s1. The second-order valence-corrected chi connectivity index (χ2v) is 23.2. The lowest BCUT2D eigenvalue weighted by Gasteiger charge is -2.58. The number of hydrogen-bond acceptors (Lipinski definition) is 7. The Balaban J connectivity index is 0.909. The molecule has 4 fully saturated rings. The first kappa shape index (κ1) is 56.0. The number of ether oxygens (including phenoxy) is 4. The number of carbonyl (C=O) groups excluding carboxylic acids is 2. The van der Waals surface area contributed by atoms with Crippen LogP contribution < -0.4 is 0 Å². The van der Waals surface area contributed by atoms with Gasteiger partial charge >= 0.3 is 11.9 Å². The van der Waals surface area contributed by atoms with Crippen molar-refractivity contribution in [1.82, 2.24) is 4.90 Å². The molecule has 0 N–H and O–H groups in total. The quantitative estimate of drug-likeness (QED) is 0.0369. The largest absolute Gasteiger partial charge is 0.466 e. The first-order valence-electron chi connectivity index (χ1n) is 28.8. The topological polar surface area (TPSA) is 74.3 Å². The highest BCUT2D eigenvalue weighted by molar-refractivity contribution is 5.77. The van der Waals surface area contributed by atoms with Crippen LogP contribution in [0.3, 0.4) is 0 Å². The third-order valence-corrected chi connectivity index (χ3v) is 17.7. The van der Waals surface area contributed by atoms with Crippen LogP contribution in [0.15, 0.2) is 36.0 Å². The molecule has 7 heteroatoms. The zero-order valence-electron chi connectivity index (χ0n) is 44.4. The molecule has 1 heterocycles. The monoisotopic (exact) mass is 934 g/mol. The lowest BCUT2D eigenvalue weighted by Crippen LogP contribution is -2.51. The van der Waals surface area contributed by atoms with E-state index in [4.69, 9.17) is 18.9 Å². The molecular weight excluding hydrogens is 831 g/mol. The van der Waals surface area contributed by atoms with E-state index in [1.54, 1.807) is 0 Å². The van der Waals surface area contributed by atoms with E-state index in [1.807, 2.05) is 0 Å². The summed E-state index contributed by atoms with van der Waals surface area (Å²) >= 11 is 0. The van der Waals surface area contributed by atoms with E-state index < -0.39 is 0 Å². The van der Waals surface area contributed by atoms with E-state index in [-0.39, 0.29) is 42.4 Å². The molecule has 5 aliphatic rings. The van der Waals surface area contributed by atoms with E-state index in [1.165, 1.54) is 140 Å². The van der Waals surface area contributed by atoms with Crippen molar-refractivity contribution in [3.8, 4) is 0 Å². The second-order valence-electron chi connectivity index (χ2n) is 23.2. The third kappa shape index (κ3) is 18.6. The fourth-order valence-electron chi connectivity index (χ4n) is 13.8. The lowest BCUT2D eigenvalue weighted by molar-refractivity contribution is -0.155. The van der Waals surface area contributed by atoms with Gasteiger partial charge < -0.3 is 23.8 Å². The maximum Gasteiger partial charge on any atom is 0.306 e. The van der Waals surface area contributed by atoms with Crippen LogP contribution in [-0.4, -0.2) is 75.1 Å². The minimum atomic E-state index is -0.334. The van der Waals surface area contributed by atoms with Crippen molar-refractivity contribution in [3.63, 3.8) is 0 Å². The van der Waals surface area contributed by atoms with Gasteiger partial charge in [-0.3, -0.25) is 9.59 Å². The Morgan fingerprint density at radius 3 is 2.24 bits per heavy atom. The Kier molecular flexibility index (Phi) is 25.6. The average molecular weight is 934 g/mol. The van der Waals surface area contributed by atoms with E-state index in [2.05, 4.69) is 76.8 Å². The van der Waals surface area contributed by atoms with Crippen LogP contribution in [0.5, 0.6) is 0 Å². The van der Waals surface area contributed by atoms with Crippen molar-refractivity contribution in [3.05, 3.63) is 36.0 Å². The molecule has 7 nitrogen and oxygen atoms in total. The third-order valence-electron chi connectivity index (χ3n) is 17.7. The molecular formula is C60H103NO6. The molecule has 3 saturated carbocycles. The van der Waals surface area contributed by atoms with Gasteiger partial charge in [-0.25, -0.2) is 0 Å². The van der Waals surface area contributed by atoms with Gasteiger partial charge in [0.15, 0.2) is 0 Å². The number of allylic oxidation sites excluding steroid dienone is 5. The highest BCUT2D eigenvalue weighted by Crippen LogP contribution is 2.67. The van der Waals surface area contributed by atoms with Crippen molar-refractivity contribution < 1.29 is 28.5 Å². The predicted octanol–water partition coefficient (Wildman–Crippen LogP) is 15.4. The van der Waals surface area contributed by atoms with Gasteiger partial charge in [0.1, 0.15) is 6.10 Å². The molecule has 1 saturated heterocycles. The number of piperidine rings is 1. The minimum absolute atomic E-state index is 0.0215. The molecule has 4 aliphatic carbocycles. The van der Waals surface area contributed by atoms with Crippen LogP contribution >= 0.6 is 0 Å². The highest BCUT2D eigenvalue weighted by Gasteiger charge is 2.59. The summed E-state index contributed by atoms with van der Waals surface area (Å²) in [5.41, 5.74) is 2.26. The predicted molar refractivity (Wildman–Crippen MR) is 278 cm³/mol.